The summed E-state index contributed by atoms with van der Waals surface area (Å²) >= 11 is 0. The monoisotopic (exact) mass is 145 g/mol. The lowest BCUT2D eigenvalue weighted by Gasteiger charge is -1.87. The van der Waals surface area contributed by atoms with Crippen LogP contribution in [0.3, 0.4) is 0 Å². The first-order valence-electron chi connectivity index (χ1n) is 3.34. The molecule has 54 valence electrons. The van der Waals surface area contributed by atoms with Crippen LogP contribution < -0.4 is 0 Å². The molecule has 0 saturated carbocycles. The third-order valence-corrected chi connectivity index (χ3v) is 1.54. The van der Waals surface area contributed by atoms with Crippen LogP contribution in [0.4, 0.5) is 0 Å². The van der Waals surface area contributed by atoms with Crippen LogP contribution in [0.25, 0.3) is 11.6 Å². The highest BCUT2D eigenvalue weighted by atomic mass is 15.4. The van der Waals surface area contributed by atoms with E-state index in [9.17, 15) is 0 Å². The van der Waals surface area contributed by atoms with Crippen LogP contribution in [0.1, 0.15) is 5.69 Å². The summed E-state index contributed by atoms with van der Waals surface area (Å²) in [6.07, 6.45) is 3.55. The maximum Gasteiger partial charge on any atom is 0.113 e. The molecule has 11 heavy (non-hydrogen) atoms. The fraction of sp³-hybridized carbons (Fsp3) is 0. The second-order valence-electron chi connectivity index (χ2n) is 2.21. The van der Waals surface area contributed by atoms with E-state index >= 15 is 0 Å². The predicted molar refractivity (Wildman–Crippen MR) is 43.1 cm³/mol. The van der Waals surface area contributed by atoms with Crippen molar-refractivity contribution >= 4 is 11.6 Å². The van der Waals surface area contributed by atoms with E-state index in [1.807, 2.05) is 24.4 Å². The SMILES string of the molecule is C=Cc1nnn2ccccc12. The molecule has 0 saturated heterocycles. The molecule has 3 nitrogen and oxygen atoms in total. The van der Waals surface area contributed by atoms with Gasteiger partial charge in [-0.1, -0.05) is 17.9 Å². The molecular formula is C8H7N3. The smallest absolute Gasteiger partial charge is 0.113 e. The molecule has 0 amide bonds. The van der Waals surface area contributed by atoms with Crippen LogP contribution >= 0.6 is 0 Å². The van der Waals surface area contributed by atoms with Crippen LogP contribution in [0.15, 0.2) is 31.0 Å². The molecule has 0 aliphatic heterocycles. The van der Waals surface area contributed by atoms with Crippen LogP contribution in [0.5, 0.6) is 0 Å². The number of fused-ring (bicyclic) bond motifs is 1. The standard InChI is InChI=1S/C8H7N3/c1-2-7-8-5-3-4-6-11(8)10-9-7/h2-6H,1H2. The molecule has 0 N–H and O–H groups in total. The molecule has 0 bridgehead atoms. The van der Waals surface area contributed by atoms with Crippen LogP contribution in [-0.4, -0.2) is 14.8 Å². The number of nitrogens with zero attached hydrogens (tertiary/aromatic N) is 3. The van der Waals surface area contributed by atoms with E-state index < -0.39 is 0 Å². The van der Waals surface area contributed by atoms with E-state index in [4.69, 9.17) is 0 Å². The fourth-order valence-electron chi connectivity index (χ4n) is 1.01. The first-order valence-corrected chi connectivity index (χ1v) is 3.34. The zero-order valence-corrected chi connectivity index (χ0v) is 5.94. The molecule has 0 aromatic carbocycles. The molecule has 0 radical (unpaired) electrons. The van der Waals surface area contributed by atoms with Crippen LogP contribution in [0.2, 0.25) is 0 Å². The second-order valence-corrected chi connectivity index (χ2v) is 2.21. The Balaban J connectivity index is 2.86. The topological polar surface area (TPSA) is 30.2 Å². The molecule has 2 aromatic heterocycles. The lowest BCUT2D eigenvalue weighted by Crippen LogP contribution is -1.83. The Labute approximate surface area is 64.0 Å². The minimum Gasteiger partial charge on any atom is -0.220 e. The van der Waals surface area contributed by atoms with Gasteiger partial charge in [-0.05, 0) is 18.2 Å². The van der Waals surface area contributed by atoms with Crippen molar-refractivity contribution in [2.24, 2.45) is 0 Å². The number of hydrogen-bond acceptors (Lipinski definition) is 2. The summed E-state index contributed by atoms with van der Waals surface area (Å²) in [5, 5.41) is 7.79. The Morgan fingerprint density at radius 1 is 1.45 bits per heavy atom. The van der Waals surface area contributed by atoms with Gasteiger partial charge in [0.1, 0.15) is 5.69 Å². The summed E-state index contributed by atoms with van der Waals surface area (Å²) < 4.78 is 1.72. The van der Waals surface area contributed by atoms with E-state index in [0.29, 0.717) is 0 Å². The van der Waals surface area contributed by atoms with Crippen LogP contribution in [-0.2, 0) is 0 Å². The average Bonchev–Trinajstić information content (AvgIpc) is 2.47. The van der Waals surface area contributed by atoms with Gasteiger partial charge in [0, 0.05) is 6.20 Å². The van der Waals surface area contributed by atoms with Gasteiger partial charge in [0.15, 0.2) is 0 Å². The molecule has 2 rings (SSSR count). The summed E-state index contributed by atoms with van der Waals surface area (Å²) in [5.41, 5.74) is 1.81. The van der Waals surface area contributed by atoms with Gasteiger partial charge >= 0.3 is 0 Å². The highest BCUT2D eigenvalue weighted by Gasteiger charge is 1.98. The number of pyridine rings is 1. The van der Waals surface area contributed by atoms with Crippen molar-refractivity contribution in [1.29, 1.82) is 0 Å². The van der Waals surface area contributed by atoms with Crippen molar-refractivity contribution in [3.8, 4) is 0 Å². The molecule has 0 fully saturated rings. The number of hydrogen-bond donors (Lipinski definition) is 0. The highest BCUT2D eigenvalue weighted by molar-refractivity contribution is 5.63. The molecule has 0 unspecified atom stereocenters. The largest absolute Gasteiger partial charge is 0.220 e. The van der Waals surface area contributed by atoms with Crippen molar-refractivity contribution < 1.29 is 0 Å². The summed E-state index contributed by atoms with van der Waals surface area (Å²) in [5.74, 6) is 0. The maximum atomic E-state index is 3.91. The van der Waals surface area contributed by atoms with Gasteiger partial charge in [-0.25, -0.2) is 4.52 Å². The summed E-state index contributed by atoms with van der Waals surface area (Å²) in [6.45, 7) is 3.64. The second kappa shape index (κ2) is 2.20. The van der Waals surface area contributed by atoms with Gasteiger partial charge in [0.2, 0.25) is 0 Å². The van der Waals surface area contributed by atoms with E-state index in [0.717, 1.165) is 11.2 Å². The average molecular weight is 145 g/mol. The molecular weight excluding hydrogens is 138 g/mol. The minimum absolute atomic E-state index is 0.825. The van der Waals surface area contributed by atoms with Crippen molar-refractivity contribution in [1.82, 2.24) is 14.8 Å². The fourth-order valence-corrected chi connectivity index (χ4v) is 1.01. The third kappa shape index (κ3) is 0.816. The van der Waals surface area contributed by atoms with Gasteiger partial charge in [-0.3, -0.25) is 0 Å². The zero-order valence-electron chi connectivity index (χ0n) is 5.94. The number of rotatable bonds is 1. The highest BCUT2D eigenvalue weighted by Crippen LogP contribution is 2.06. The van der Waals surface area contributed by atoms with Crippen molar-refractivity contribution in [3.05, 3.63) is 36.7 Å². The first-order chi connectivity index (χ1) is 5.42. The Morgan fingerprint density at radius 2 is 2.36 bits per heavy atom. The quantitative estimate of drug-likeness (QED) is 0.606. The Morgan fingerprint density at radius 3 is 3.18 bits per heavy atom. The Kier molecular flexibility index (Phi) is 1.22. The molecule has 0 aliphatic carbocycles. The Hall–Kier alpha value is -1.64. The first kappa shape index (κ1) is 6.09. The maximum absolute atomic E-state index is 3.91. The molecule has 2 heterocycles. The molecule has 3 heteroatoms. The Bertz CT molecular complexity index is 389. The van der Waals surface area contributed by atoms with Gasteiger partial charge in [-0.15, -0.1) is 5.10 Å². The molecule has 0 spiro atoms. The zero-order chi connectivity index (χ0) is 7.68. The molecule has 0 aliphatic rings. The lowest BCUT2D eigenvalue weighted by atomic mass is 10.3. The lowest BCUT2D eigenvalue weighted by molar-refractivity contribution is 0.854. The van der Waals surface area contributed by atoms with Gasteiger partial charge in [-0.2, -0.15) is 0 Å². The number of aromatic nitrogens is 3. The van der Waals surface area contributed by atoms with E-state index in [2.05, 4.69) is 16.9 Å². The predicted octanol–water partition coefficient (Wildman–Crippen LogP) is 1.37. The van der Waals surface area contributed by atoms with Crippen molar-refractivity contribution in [3.63, 3.8) is 0 Å². The van der Waals surface area contributed by atoms with Crippen molar-refractivity contribution in [2.75, 3.05) is 0 Å². The summed E-state index contributed by atoms with van der Waals surface area (Å²) in [4.78, 5) is 0. The molecule has 0 atom stereocenters. The van der Waals surface area contributed by atoms with E-state index in [1.165, 1.54) is 0 Å². The summed E-state index contributed by atoms with van der Waals surface area (Å²) in [7, 11) is 0. The molecule has 2 aromatic rings. The van der Waals surface area contributed by atoms with E-state index in [1.54, 1.807) is 10.6 Å². The van der Waals surface area contributed by atoms with Gasteiger partial charge in [0.05, 0.1) is 5.52 Å². The third-order valence-electron chi connectivity index (χ3n) is 1.54. The summed E-state index contributed by atoms with van der Waals surface area (Å²) in [6, 6.07) is 5.82. The van der Waals surface area contributed by atoms with E-state index in [-0.39, 0.29) is 0 Å². The van der Waals surface area contributed by atoms with Gasteiger partial charge < -0.3 is 0 Å². The van der Waals surface area contributed by atoms with Crippen LogP contribution in [0, 0.1) is 0 Å². The van der Waals surface area contributed by atoms with Gasteiger partial charge in [0.25, 0.3) is 0 Å². The normalized spacial score (nSPS) is 10.2. The minimum atomic E-state index is 0.825. The van der Waals surface area contributed by atoms with Crippen molar-refractivity contribution in [2.45, 2.75) is 0 Å².